The van der Waals surface area contributed by atoms with Gasteiger partial charge in [-0.25, -0.2) is 9.79 Å². The van der Waals surface area contributed by atoms with Crippen LogP contribution in [0.4, 0.5) is 5.69 Å². The Morgan fingerprint density at radius 3 is 2.11 bits per heavy atom. The maximum Gasteiger partial charge on any atom is 0.338 e. The number of amidine groups is 1. The number of carbonyl (C=O) groups is 1. The maximum absolute atomic E-state index is 13.3. The highest BCUT2D eigenvalue weighted by molar-refractivity contribution is 6.04. The zero-order valence-corrected chi connectivity index (χ0v) is 20.6. The number of nitrogens with zero attached hydrogens (tertiary/aromatic N) is 3. The molecule has 0 saturated carbocycles. The van der Waals surface area contributed by atoms with E-state index in [2.05, 4.69) is 0 Å². The molecule has 1 aliphatic rings. The summed E-state index contributed by atoms with van der Waals surface area (Å²) in [6, 6.07) is 31.3. The Hall–Kier alpha value is -4.98. The van der Waals surface area contributed by atoms with Gasteiger partial charge in [-0.1, -0.05) is 84.9 Å². The second-order valence-electron chi connectivity index (χ2n) is 8.97. The predicted molar refractivity (Wildman–Crippen MR) is 143 cm³/mol. The molecule has 8 nitrogen and oxygen atoms in total. The highest BCUT2D eigenvalue weighted by Gasteiger charge is 2.56. The SMILES string of the molecule is COc1ccc([C@]2(C(=O)O)N=C(c3ccccc3)N(Cc3ccccc3)[C@H]2c2ccc([N+](=O)[O-])cc2)cc1. The van der Waals surface area contributed by atoms with Crippen LogP contribution < -0.4 is 4.74 Å². The number of rotatable bonds is 8. The molecule has 0 radical (unpaired) electrons. The summed E-state index contributed by atoms with van der Waals surface area (Å²) >= 11 is 0. The third kappa shape index (κ3) is 4.37. The number of nitro groups is 1. The summed E-state index contributed by atoms with van der Waals surface area (Å²) in [5, 5.41) is 22.3. The molecular formula is C30H25N3O5. The van der Waals surface area contributed by atoms with Gasteiger partial charge < -0.3 is 14.7 Å². The Morgan fingerprint density at radius 2 is 1.55 bits per heavy atom. The minimum Gasteiger partial charge on any atom is -0.497 e. The Balaban J connectivity index is 1.77. The Kier molecular flexibility index (Phi) is 6.62. The van der Waals surface area contributed by atoms with Gasteiger partial charge in [0.25, 0.3) is 5.69 Å². The van der Waals surface area contributed by atoms with Crippen LogP contribution in [-0.4, -0.2) is 33.8 Å². The zero-order chi connectivity index (χ0) is 26.7. The summed E-state index contributed by atoms with van der Waals surface area (Å²) < 4.78 is 5.31. The lowest BCUT2D eigenvalue weighted by atomic mass is 9.79. The Labute approximate surface area is 219 Å². The molecule has 1 aliphatic heterocycles. The van der Waals surface area contributed by atoms with Crippen LogP contribution >= 0.6 is 0 Å². The smallest absolute Gasteiger partial charge is 0.338 e. The Bertz CT molecular complexity index is 1470. The lowest BCUT2D eigenvalue weighted by molar-refractivity contribution is -0.384. The van der Waals surface area contributed by atoms with Crippen molar-refractivity contribution in [3.63, 3.8) is 0 Å². The molecular weight excluding hydrogens is 482 g/mol. The minimum absolute atomic E-state index is 0.0732. The first-order valence-electron chi connectivity index (χ1n) is 12.0. The molecule has 0 bridgehead atoms. The van der Waals surface area contributed by atoms with E-state index < -0.39 is 22.5 Å². The molecule has 0 aromatic heterocycles. The number of hydrogen-bond acceptors (Lipinski definition) is 6. The van der Waals surface area contributed by atoms with Crippen LogP contribution in [0.3, 0.4) is 0 Å². The molecule has 1 heterocycles. The molecule has 38 heavy (non-hydrogen) atoms. The van der Waals surface area contributed by atoms with E-state index in [1.165, 1.54) is 12.1 Å². The van der Waals surface area contributed by atoms with Crippen molar-refractivity contribution in [2.24, 2.45) is 4.99 Å². The van der Waals surface area contributed by atoms with Crippen molar-refractivity contribution in [3.8, 4) is 5.75 Å². The van der Waals surface area contributed by atoms with E-state index in [0.29, 0.717) is 29.3 Å². The molecule has 0 amide bonds. The number of aliphatic carboxylic acids is 1. The van der Waals surface area contributed by atoms with E-state index in [0.717, 1.165) is 11.1 Å². The van der Waals surface area contributed by atoms with Gasteiger partial charge in [-0.15, -0.1) is 0 Å². The molecule has 0 fully saturated rings. The van der Waals surface area contributed by atoms with Crippen molar-refractivity contribution in [1.82, 2.24) is 4.90 Å². The van der Waals surface area contributed by atoms with Crippen LogP contribution in [-0.2, 0) is 16.9 Å². The molecule has 0 saturated heterocycles. The summed E-state index contributed by atoms with van der Waals surface area (Å²) in [5.41, 5.74) is 1.00. The van der Waals surface area contributed by atoms with E-state index in [-0.39, 0.29) is 5.69 Å². The molecule has 8 heteroatoms. The van der Waals surface area contributed by atoms with Crippen LogP contribution in [0.15, 0.2) is 114 Å². The standard InChI is InChI=1S/C30H25N3O5/c1-38-26-18-14-24(15-19-26)30(29(34)35)27(22-12-16-25(17-13-22)33(36)37)32(20-21-8-4-2-5-9-21)28(31-30)23-10-6-3-7-11-23/h2-19,27H,20H2,1H3,(H,34,35)/t27-,30-/m0/s1. The van der Waals surface area contributed by atoms with Gasteiger partial charge in [-0.3, -0.25) is 10.1 Å². The van der Waals surface area contributed by atoms with E-state index >= 15 is 0 Å². The number of benzene rings is 4. The first kappa shape index (κ1) is 24.7. The maximum atomic E-state index is 13.3. The molecule has 0 unspecified atom stereocenters. The number of aliphatic imine (C=N–C) groups is 1. The highest BCUT2D eigenvalue weighted by Crippen LogP contribution is 2.49. The number of nitro benzene ring substituents is 1. The molecule has 4 aromatic rings. The summed E-state index contributed by atoms with van der Waals surface area (Å²) in [6.07, 6.45) is 0. The van der Waals surface area contributed by atoms with Crippen molar-refractivity contribution < 1.29 is 19.6 Å². The number of non-ortho nitro benzene ring substituents is 1. The molecule has 5 rings (SSSR count). The minimum atomic E-state index is -1.73. The second kappa shape index (κ2) is 10.2. The molecule has 190 valence electrons. The van der Waals surface area contributed by atoms with Crippen LogP contribution in [0.1, 0.15) is 28.3 Å². The number of carboxylic acids is 1. The lowest BCUT2D eigenvalue weighted by Crippen LogP contribution is -2.43. The predicted octanol–water partition coefficient (Wildman–Crippen LogP) is 5.59. The average molecular weight is 508 g/mol. The van der Waals surface area contributed by atoms with Gasteiger partial charge in [0, 0.05) is 24.2 Å². The summed E-state index contributed by atoms with van der Waals surface area (Å²) in [5.74, 6) is -0.0152. The van der Waals surface area contributed by atoms with Gasteiger partial charge in [0.15, 0.2) is 0 Å². The monoisotopic (exact) mass is 507 g/mol. The van der Waals surface area contributed by atoms with Crippen LogP contribution in [0, 0.1) is 10.1 Å². The van der Waals surface area contributed by atoms with Crippen molar-refractivity contribution in [3.05, 3.63) is 142 Å². The fraction of sp³-hybridized carbons (Fsp3) is 0.133. The van der Waals surface area contributed by atoms with Crippen molar-refractivity contribution in [2.45, 2.75) is 18.1 Å². The van der Waals surface area contributed by atoms with Crippen molar-refractivity contribution in [2.75, 3.05) is 7.11 Å². The van der Waals surface area contributed by atoms with Gasteiger partial charge >= 0.3 is 5.97 Å². The molecule has 2 atom stereocenters. The third-order valence-electron chi connectivity index (χ3n) is 6.77. The molecule has 4 aromatic carbocycles. The fourth-order valence-corrected chi connectivity index (χ4v) is 4.96. The number of methoxy groups -OCH3 is 1. The van der Waals surface area contributed by atoms with E-state index in [1.807, 2.05) is 65.6 Å². The Morgan fingerprint density at radius 1 is 0.947 bits per heavy atom. The highest BCUT2D eigenvalue weighted by atomic mass is 16.6. The number of carboxylic acid groups (broad SMARTS) is 1. The zero-order valence-electron chi connectivity index (χ0n) is 20.6. The number of ether oxygens (including phenoxy) is 1. The quantitative estimate of drug-likeness (QED) is 0.246. The molecule has 0 spiro atoms. The fourth-order valence-electron chi connectivity index (χ4n) is 4.96. The van der Waals surface area contributed by atoms with Crippen LogP contribution in [0.5, 0.6) is 5.75 Å². The van der Waals surface area contributed by atoms with Gasteiger partial charge in [0.1, 0.15) is 11.6 Å². The topological polar surface area (TPSA) is 105 Å². The van der Waals surface area contributed by atoms with E-state index in [1.54, 1.807) is 43.5 Å². The first-order valence-corrected chi connectivity index (χ1v) is 12.0. The van der Waals surface area contributed by atoms with Crippen molar-refractivity contribution >= 4 is 17.5 Å². The summed E-state index contributed by atoms with van der Waals surface area (Å²) in [6.45, 7) is 0.376. The van der Waals surface area contributed by atoms with Crippen LogP contribution in [0.25, 0.3) is 0 Å². The lowest BCUT2D eigenvalue weighted by Gasteiger charge is -2.36. The van der Waals surface area contributed by atoms with Gasteiger partial charge in [-0.2, -0.15) is 0 Å². The second-order valence-corrected chi connectivity index (χ2v) is 8.97. The first-order chi connectivity index (χ1) is 18.4. The van der Waals surface area contributed by atoms with Gasteiger partial charge in [0.2, 0.25) is 5.54 Å². The van der Waals surface area contributed by atoms with E-state index in [4.69, 9.17) is 9.73 Å². The number of hydrogen-bond donors (Lipinski definition) is 1. The molecule has 0 aliphatic carbocycles. The van der Waals surface area contributed by atoms with Gasteiger partial charge in [0.05, 0.1) is 18.1 Å². The van der Waals surface area contributed by atoms with Crippen molar-refractivity contribution in [1.29, 1.82) is 0 Å². The summed E-state index contributed by atoms with van der Waals surface area (Å²) in [7, 11) is 1.55. The average Bonchev–Trinajstić information content (AvgIpc) is 3.30. The van der Waals surface area contributed by atoms with Gasteiger partial charge in [-0.05, 0) is 28.8 Å². The normalized spacial score (nSPS) is 18.6. The largest absolute Gasteiger partial charge is 0.497 e. The molecule has 1 N–H and O–H groups in total. The van der Waals surface area contributed by atoms with E-state index in [9.17, 15) is 20.0 Å². The van der Waals surface area contributed by atoms with Crippen LogP contribution in [0.2, 0.25) is 0 Å². The third-order valence-corrected chi connectivity index (χ3v) is 6.77. The summed E-state index contributed by atoms with van der Waals surface area (Å²) in [4.78, 5) is 31.2.